The number of oxime groups is 1. The van der Waals surface area contributed by atoms with Crippen LogP contribution in [0.5, 0.6) is 0 Å². The van der Waals surface area contributed by atoms with Crippen molar-refractivity contribution in [3.8, 4) is 0 Å². The van der Waals surface area contributed by atoms with Crippen molar-refractivity contribution in [3.05, 3.63) is 29.8 Å². The number of benzene rings is 1. The van der Waals surface area contributed by atoms with Gasteiger partial charge < -0.3 is 20.6 Å². The summed E-state index contributed by atoms with van der Waals surface area (Å²) in [5, 5.41) is 11.6. The van der Waals surface area contributed by atoms with Crippen molar-refractivity contribution in [1.82, 2.24) is 0 Å². The van der Waals surface area contributed by atoms with Gasteiger partial charge in [0.25, 0.3) is 0 Å². The fourth-order valence-corrected chi connectivity index (χ4v) is 1.56. The topological polar surface area (TPSA) is 71.1 Å². The Morgan fingerprint density at radius 3 is 2.37 bits per heavy atom. The molecule has 0 radical (unpaired) electrons. The Labute approximate surface area is 114 Å². The second-order valence-corrected chi connectivity index (χ2v) is 5.41. The monoisotopic (exact) mass is 265 g/mol. The van der Waals surface area contributed by atoms with Gasteiger partial charge in [-0.2, -0.15) is 0 Å². The molecule has 0 aliphatic carbocycles. The molecule has 0 fully saturated rings. The van der Waals surface area contributed by atoms with E-state index in [1.165, 1.54) is 0 Å². The summed E-state index contributed by atoms with van der Waals surface area (Å²) in [6, 6.07) is 7.52. The van der Waals surface area contributed by atoms with E-state index in [-0.39, 0.29) is 11.4 Å². The number of ether oxygens (including phenoxy) is 1. The van der Waals surface area contributed by atoms with Gasteiger partial charge in [-0.25, -0.2) is 0 Å². The zero-order valence-corrected chi connectivity index (χ0v) is 12.1. The molecular weight excluding hydrogens is 242 g/mol. The van der Waals surface area contributed by atoms with E-state index in [4.69, 9.17) is 15.7 Å². The van der Waals surface area contributed by atoms with E-state index in [2.05, 4.69) is 10.1 Å². The first-order valence-electron chi connectivity index (χ1n) is 6.26. The van der Waals surface area contributed by atoms with Crippen LogP contribution in [0, 0.1) is 0 Å². The highest BCUT2D eigenvalue weighted by Crippen LogP contribution is 2.14. The standard InChI is InChI=1S/C14H23N3O2/c1-14(2,3)19-10-9-17(4)12-7-5-11(6-8-12)13(15)16-18/h5-8,18H,9-10H2,1-4H3,(H2,15,16). The smallest absolute Gasteiger partial charge is 0.170 e. The molecule has 5 nitrogen and oxygen atoms in total. The van der Waals surface area contributed by atoms with Crippen molar-refractivity contribution in [1.29, 1.82) is 0 Å². The molecular formula is C14H23N3O2. The van der Waals surface area contributed by atoms with Gasteiger partial charge in [-0.15, -0.1) is 0 Å². The van der Waals surface area contributed by atoms with Crippen LogP contribution in [-0.2, 0) is 4.74 Å². The van der Waals surface area contributed by atoms with Gasteiger partial charge >= 0.3 is 0 Å². The Bertz CT molecular complexity index is 421. The highest BCUT2D eigenvalue weighted by molar-refractivity contribution is 5.97. The molecule has 0 aliphatic rings. The van der Waals surface area contributed by atoms with Crippen molar-refractivity contribution in [3.63, 3.8) is 0 Å². The van der Waals surface area contributed by atoms with Crippen LogP contribution in [0.25, 0.3) is 0 Å². The van der Waals surface area contributed by atoms with E-state index in [0.29, 0.717) is 12.2 Å². The van der Waals surface area contributed by atoms with Gasteiger partial charge in [-0.3, -0.25) is 0 Å². The Balaban J connectivity index is 2.56. The summed E-state index contributed by atoms with van der Waals surface area (Å²) in [5.74, 6) is 0.116. The SMILES string of the molecule is CN(CCOC(C)(C)C)c1ccc(/C(N)=N/O)cc1. The molecule has 19 heavy (non-hydrogen) atoms. The first-order valence-corrected chi connectivity index (χ1v) is 6.26. The van der Waals surface area contributed by atoms with Crippen LogP contribution in [0.3, 0.4) is 0 Å². The van der Waals surface area contributed by atoms with Gasteiger partial charge in [0.05, 0.1) is 12.2 Å². The Morgan fingerprint density at radius 2 is 1.89 bits per heavy atom. The molecule has 1 aromatic rings. The highest BCUT2D eigenvalue weighted by atomic mass is 16.5. The number of amidine groups is 1. The molecule has 0 aliphatic heterocycles. The summed E-state index contributed by atoms with van der Waals surface area (Å²) in [5.41, 5.74) is 7.16. The molecule has 0 saturated carbocycles. The second kappa shape index (κ2) is 6.43. The highest BCUT2D eigenvalue weighted by Gasteiger charge is 2.10. The largest absolute Gasteiger partial charge is 0.409 e. The Hall–Kier alpha value is -1.75. The molecule has 0 spiro atoms. The summed E-state index contributed by atoms with van der Waals surface area (Å²) < 4.78 is 5.69. The van der Waals surface area contributed by atoms with Crippen LogP contribution in [0.15, 0.2) is 29.4 Å². The van der Waals surface area contributed by atoms with Crippen molar-refractivity contribution < 1.29 is 9.94 Å². The molecule has 0 saturated heterocycles. The Kier molecular flexibility index (Phi) is 5.18. The third-order valence-electron chi connectivity index (χ3n) is 2.67. The van der Waals surface area contributed by atoms with Crippen LogP contribution >= 0.6 is 0 Å². The van der Waals surface area contributed by atoms with Crippen LogP contribution < -0.4 is 10.6 Å². The fourth-order valence-electron chi connectivity index (χ4n) is 1.56. The molecule has 0 unspecified atom stereocenters. The van der Waals surface area contributed by atoms with E-state index in [1.54, 1.807) is 0 Å². The van der Waals surface area contributed by atoms with Crippen molar-refractivity contribution >= 4 is 11.5 Å². The van der Waals surface area contributed by atoms with Gasteiger partial charge in [0.2, 0.25) is 0 Å². The maximum Gasteiger partial charge on any atom is 0.170 e. The number of nitrogens with two attached hydrogens (primary N) is 1. The second-order valence-electron chi connectivity index (χ2n) is 5.41. The normalized spacial score (nSPS) is 12.5. The Morgan fingerprint density at radius 1 is 1.32 bits per heavy atom. The van der Waals surface area contributed by atoms with Crippen molar-refractivity contribution in [2.24, 2.45) is 10.9 Å². The lowest BCUT2D eigenvalue weighted by Crippen LogP contribution is -2.28. The third kappa shape index (κ3) is 5.18. The van der Waals surface area contributed by atoms with Crippen LogP contribution in [0.1, 0.15) is 26.3 Å². The molecule has 5 heteroatoms. The van der Waals surface area contributed by atoms with Gasteiger partial charge in [0.15, 0.2) is 5.84 Å². The van der Waals surface area contributed by atoms with Gasteiger partial charge in [0, 0.05) is 24.8 Å². The minimum atomic E-state index is -0.114. The average molecular weight is 265 g/mol. The number of hydrogen-bond acceptors (Lipinski definition) is 4. The average Bonchev–Trinajstić information content (AvgIpc) is 2.36. The van der Waals surface area contributed by atoms with E-state index in [0.717, 1.165) is 12.2 Å². The zero-order chi connectivity index (χ0) is 14.5. The van der Waals surface area contributed by atoms with Gasteiger partial charge in [-0.05, 0) is 45.0 Å². The number of anilines is 1. The molecule has 0 aromatic heterocycles. The number of likely N-dealkylation sites (N-methyl/N-ethyl adjacent to an activating group) is 1. The molecule has 106 valence electrons. The summed E-state index contributed by atoms with van der Waals surface area (Å²) >= 11 is 0. The molecule has 1 aromatic carbocycles. The van der Waals surface area contributed by atoms with E-state index >= 15 is 0 Å². The quantitative estimate of drug-likeness (QED) is 0.370. The number of rotatable bonds is 5. The van der Waals surface area contributed by atoms with E-state index in [1.807, 2.05) is 52.1 Å². The zero-order valence-electron chi connectivity index (χ0n) is 12.1. The first-order chi connectivity index (χ1) is 8.83. The maximum absolute atomic E-state index is 8.60. The van der Waals surface area contributed by atoms with E-state index in [9.17, 15) is 0 Å². The summed E-state index contributed by atoms with van der Waals surface area (Å²) in [4.78, 5) is 2.10. The minimum Gasteiger partial charge on any atom is -0.409 e. The molecule has 0 amide bonds. The van der Waals surface area contributed by atoms with E-state index < -0.39 is 0 Å². The predicted molar refractivity (Wildman–Crippen MR) is 77.9 cm³/mol. The number of nitrogens with zero attached hydrogens (tertiary/aromatic N) is 2. The lowest BCUT2D eigenvalue weighted by Gasteiger charge is -2.24. The lowest BCUT2D eigenvalue weighted by molar-refractivity contribution is 0.00168. The molecule has 0 atom stereocenters. The van der Waals surface area contributed by atoms with Crippen molar-refractivity contribution in [2.75, 3.05) is 25.1 Å². The number of hydrogen-bond donors (Lipinski definition) is 2. The first kappa shape index (κ1) is 15.3. The predicted octanol–water partition coefficient (Wildman–Crippen LogP) is 2.03. The van der Waals surface area contributed by atoms with Gasteiger partial charge in [0.1, 0.15) is 0 Å². The lowest BCUT2D eigenvalue weighted by atomic mass is 10.2. The molecule has 0 bridgehead atoms. The maximum atomic E-state index is 8.60. The summed E-state index contributed by atoms with van der Waals surface area (Å²) in [6.07, 6.45) is 0. The van der Waals surface area contributed by atoms with Crippen molar-refractivity contribution in [2.45, 2.75) is 26.4 Å². The molecule has 1 rings (SSSR count). The minimum absolute atomic E-state index is 0.114. The summed E-state index contributed by atoms with van der Waals surface area (Å²) in [6.45, 7) is 7.60. The third-order valence-corrected chi connectivity index (χ3v) is 2.67. The van der Waals surface area contributed by atoms with Gasteiger partial charge in [-0.1, -0.05) is 5.16 Å². The fraction of sp³-hybridized carbons (Fsp3) is 0.500. The van der Waals surface area contributed by atoms with Crippen LogP contribution in [0.2, 0.25) is 0 Å². The summed E-state index contributed by atoms with van der Waals surface area (Å²) in [7, 11) is 2.00. The molecule has 3 N–H and O–H groups in total. The molecule has 0 heterocycles. The van der Waals surface area contributed by atoms with Crippen LogP contribution in [0.4, 0.5) is 5.69 Å². The van der Waals surface area contributed by atoms with Crippen LogP contribution in [-0.4, -0.2) is 36.8 Å².